The Morgan fingerprint density at radius 3 is 2.44 bits per heavy atom. The molecule has 1 amide bonds. The first-order valence-corrected chi connectivity index (χ1v) is 9.16. The molecule has 1 aromatic carbocycles. The number of nitro benzene ring substituents is 1. The van der Waals surface area contributed by atoms with Gasteiger partial charge >= 0.3 is 0 Å². The lowest BCUT2D eigenvalue weighted by Gasteiger charge is -2.30. The van der Waals surface area contributed by atoms with E-state index in [1.54, 1.807) is 12.1 Å². The summed E-state index contributed by atoms with van der Waals surface area (Å²) < 4.78 is 5.59. The van der Waals surface area contributed by atoms with Crippen LogP contribution in [-0.2, 0) is 0 Å². The van der Waals surface area contributed by atoms with Gasteiger partial charge in [-0.05, 0) is 45.9 Å². The number of non-ortho nitro benzene ring substituents is 1. The first-order chi connectivity index (χ1) is 12.7. The number of nitro groups is 1. The van der Waals surface area contributed by atoms with E-state index in [9.17, 15) is 14.9 Å². The lowest BCUT2D eigenvalue weighted by Crippen LogP contribution is -2.42. The molecule has 0 spiro atoms. The number of hydrogen-bond donors (Lipinski definition) is 1. The van der Waals surface area contributed by atoms with Crippen LogP contribution in [0.1, 0.15) is 38.2 Å². The third-order valence-electron chi connectivity index (χ3n) is 4.24. The van der Waals surface area contributed by atoms with Crippen molar-refractivity contribution in [2.24, 2.45) is 0 Å². The number of nitrogens with zero attached hydrogens (tertiary/aromatic N) is 2. The van der Waals surface area contributed by atoms with Gasteiger partial charge in [0.1, 0.15) is 5.76 Å². The summed E-state index contributed by atoms with van der Waals surface area (Å²) in [6.45, 7) is 9.72. The first-order valence-electron chi connectivity index (χ1n) is 8.78. The molecule has 7 nitrogen and oxygen atoms in total. The zero-order valence-corrected chi connectivity index (χ0v) is 16.6. The lowest BCUT2D eigenvalue weighted by molar-refractivity contribution is -0.384. The van der Waals surface area contributed by atoms with Crippen molar-refractivity contribution in [3.05, 3.63) is 51.2 Å². The molecule has 0 aliphatic carbocycles. The summed E-state index contributed by atoms with van der Waals surface area (Å²) >= 11 is 6.10. The molecule has 0 fully saturated rings. The van der Waals surface area contributed by atoms with Crippen LogP contribution in [0, 0.1) is 10.1 Å². The topological polar surface area (TPSA) is 88.6 Å². The van der Waals surface area contributed by atoms with E-state index in [1.165, 1.54) is 18.2 Å². The summed E-state index contributed by atoms with van der Waals surface area (Å²) in [6.07, 6.45) is 0. The summed E-state index contributed by atoms with van der Waals surface area (Å²) in [5.74, 6) is 0.234. The first kappa shape index (κ1) is 20.9. The molecule has 2 aromatic rings. The van der Waals surface area contributed by atoms with Gasteiger partial charge < -0.3 is 9.73 Å². The molecule has 27 heavy (non-hydrogen) atoms. The fourth-order valence-corrected chi connectivity index (χ4v) is 3.19. The monoisotopic (exact) mass is 393 g/mol. The number of carbonyl (C=O) groups excluding carboxylic acids is 1. The van der Waals surface area contributed by atoms with E-state index in [0.717, 1.165) is 6.54 Å². The Labute approximate surface area is 163 Å². The number of carbonyl (C=O) groups is 1. The van der Waals surface area contributed by atoms with E-state index >= 15 is 0 Å². The molecule has 0 unspecified atom stereocenters. The van der Waals surface area contributed by atoms with Crippen molar-refractivity contribution in [2.75, 3.05) is 13.1 Å². The van der Waals surface area contributed by atoms with Gasteiger partial charge in [-0.1, -0.05) is 11.6 Å². The van der Waals surface area contributed by atoms with Crippen LogP contribution < -0.4 is 5.32 Å². The van der Waals surface area contributed by atoms with E-state index in [4.69, 9.17) is 16.0 Å². The summed E-state index contributed by atoms with van der Waals surface area (Å²) in [5.41, 5.74) is 0.389. The van der Waals surface area contributed by atoms with Gasteiger partial charge in [0.15, 0.2) is 5.76 Å². The van der Waals surface area contributed by atoms with E-state index in [-0.39, 0.29) is 22.4 Å². The molecule has 0 bridgehead atoms. The van der Waals surface area contributed by atoms with E-state index in [1.807, 2.05) is 0 Å². The van der Waals surface area contributed by atoms with Gasteiger partial charge in [-0.25, -0.2) is 0 Å². The second-order valence-electron chi connectivity index (χ2n) is 6.77. The number of hydrogen-bond acceptors (Lipinski definition) is 5. The summed E-state index contributed by atoms with van der Waals surface area (Å²) in [7, 11) is 0. The Kier molecular flexibility index (Phi) is 6.98. The van der Waals surface area contributed by atoms with Crippen LogP contribution in [0.3, 0.4) is 0 Å². The minimum absolute atomic E-state index is 0.104. The van der Waals surface area contributed by atoms with Gasteiger partial charge in [-0.2, -0.15) is 0 Å². The average Bonchev–Trinajstić information content (AvgIpc) is 3.07. The molecule has 0 saturated carbocycles. The van der Waals surface area contributed by atoms with Crippen LogP contribution in [0.15, 0.2) is 34.7 Å². The third-order valence-corrected chi connectivity index (χ3v) is 4.55. The standard InChI is InChI=1S/C19H24ClN3O4/c1-12(2)22(13(3)4)10-9-21-19(24)18-8-7-17(27-18)15-6-5-14(23(25)26)11-16(15)20/h5-8,11-13H,9-10H2,1-4H3,(H,21,24). The highest BCUT2D eigenvalue weighted by atomic mass is 35.5. The molecular formula is C19H24ClN3O4. The number of rotatable bonds is 8. The second-order valence-corrected chi connectivity index (χ2v) is 7.17. The molecule has 1 heterocycles. The van der Waals surface area contributed by atoms with Gasteiger partial charge in [-0.3, -0.25) is 19.8 Å². The quantitative estimate of drug-likeness (QED) is 0.531. The third kappa shape index (κ3) is 5.30. The Morgan fingerprint density at radius 1 is 1.22 bits per heavy atom. The van der Waals surface area contributed by atoms with Gasteiger partial charge in [0, 0.05) is 42.9 Å². The van der Waals surface area contributed by atoms with Gasteiger partial charge in [0.2, 0.25) is 0 Å². The maximum atomic E-state index is 12.3. The highest BCUT2D eigenvalue weighted by molar-refractivity contribution is 6.33. The minimum Gasteiger partial charge on any atom is -0.451 e. The molecule has 0 atom stereocenters. The summed E-state index contributed by atoms with van der Waals surface area (Å²) in [6, 6.07) is 8.07. The number of nitrogens with one attached hydrogen (secondary N) is 1. The molecule has 0 saturated heterocycles. The van der Waals surface area contributed by atoms with Gasteiger partial charge in [-0.15, -0.1) is 0 Å². The molecule has 146 valence electrons. The number of benzene rings is 1. The summed E-state index contributed by atoms with van der Waals surface area (Å²) in [5, 5.41) is 13.8. The average molecular weight is 394 g/mol. The minimum atomic E-state index is -0.520. The second kappa shape index (κ2) is 9.01. The van der Waals surface area contributed by atoms with E-state index in [2.05, 4.69) is 37.9 Å². The Bertz CT molecular complexity index is 809. The van der Waals surface area contributed by atoms with Crippen molar-refractivity contribution < 1.29 is 14.1 Å². The molecule has 1 aromatic heterocycles. The molecule has 1 N–H and O–H groups in total. The van der Waals surface area contributed by atoms with Crippen LogP contribution in [0.25, 0.3) is 11.3 Å². The Hall–Kier alpha value is -2.38. The predicted molar refractivity (Wildman–Crippen MR) is 105 cm³/mol. The molecule has 8 heteroatoms. The largest absolute Gasteiger partial charge is 0.451 e. The van der Waals surface area contributed by atoms with Crippen LogP contribution in [0.2, 0.25) is 5.02 Å². The molecule has 0 aliphatic rings. The fraction of sp³-hybridized carbons (Fsp3) is 0.421. The SMILES string of the molecule is CC(C)N(CCNC(=O)c1ccc(-c2ccc([N+](=O)[O-])cc2Cl)o1)C(C)C. The lowest BCUT2D eigenvalue weighted by atomic mass is 10.1. The van der Waals surface area contributed by atoms with Crippen LogP contribution in [0.5, 0.6) is 0 Å². The highest BCUT2D eigenvalue weighted by Gasteiger charge is 2.17. The number of halogens is 1. The maximum absolute atomic E-state index is 12.3. The molecule has 0 aliphatic heterocycles. The molecule has 2 rings (SSSR count). The van der Waals surface area contributed by atoms with Gasteiger partial charge in [0.05, 0.1) is 9.95 Å². The zero-order valence-electron chi connectivity index (χ0n) is 15.9. The van der Waals surface area contributed by atoms with Crippen molar-refractivity contribution in [1.29, 1.82) is 0 Å². The predicted octanol–water partition coefficient (Wildman–Crippen LogP) is 4.36. The maximum Gasteiger partial charge on any atom is 0.287 e. The fourth-order valence-electron chi connectivity index (χ4n) is 2.92. The normalized spacial score (nSPS) is 11.4. The van der Waals surface area contributed by atoms with Crippen molar-refractivity contribution in [3.8, 4) is 11.3 Å². The number of amides is 1. The van der Waals surface area contributed by atoms with Gasteiger partial charge in [0.25, 0.3) is 11.6 Å². The van der Waals surface area contributed by atoms with Crippen molar-refractivity contribution in [1.82, 2.24) is 10.2 Å². The Balaban J connectivity index is 2.03. The van der Waals surface area contributed by atoms with Crippen molar-refractivity contribution in [2.45, 2.75) is 39.8 Å². The van der Waals surface area contributed by atoms with E-state index < -0.39 is 4.92 Å². The highest BCUT2D eigenvalue weighted by Crippen LogP contribution is 2.32. The van der Waals surface area contributed by atoms with Crippen LogP contribution >= 0.6 is 11.6 Å². The van der Waals surface area contributed by atoms with Crippen molar-refractivity contribution >= 4 is 23.2 Å². The van der Waals surface area contributed by atoms with Crippen molar-refractivity contribution in [3.63, 3.8) is 0 Å². The summed E-state index contributed by atoms with van der Waals surface area (Å²) in [4.78, 5) is 24.8. The number of furan rings is 1. The van der Waals surface area contributed by atoms with Crippen LogP contribution in [0.4, 0.5) is 5.69 Å². The Morgan fingerprint density at radius 2 is 1.89 bits per heavy atom. The zero-order chi connectivity index (χ0) is 20.1. The molecule has 0 radical (unpaired) electrons. The van der Waals surface area contributed by atoms with Crippen LogP contribution in [-0.4, -0.2) is 40.9 Å². The molecular weight excluding hydrogens is 370 g/mol. The smallest absolute Gasteiger partial charge is 0.287 e. The van der Waals surface area contributed by atoms with E-state index in [0.29, 0.717) is 30.0 Å².